The van der Waals surface area contributed by atoms with Gasteiger partial charge in [0.05, 0.1) is 5.69 Å². The van der Waals surface area contributed by atoms with Gasteiger partial charge in [-0.1, -0.05) is 34.1 Å². The lowest BCUT2D eigenvalue weighted by Crippen LogP contribution is -2.29. The van der Waals surface area contributed by atoms with Crippen LogP contribution in [0, 0.1) is 11.3 Å². The Morgan fingerprint density at radius 2 is 2.14 bits per heavy atom. The van der Waals surface area contributed by atoms with Crippen molar-refractivity contribution in [3.05, 3.63) is 22.2 Å². The van der Waals surface area contributed by atoms with Gasteiger partial charge >= 0.3 is 0 Å². The van der Waals surface area contributed by atoms with Crippen LogP contribution >= 0.6 is 11.3 Å². The summed E-state index contributed by atoms with van der Waals surface area (Å²) in [7, 11) is 0. The van der Waals surface area contributed by atoms with Gasteiger partial charge in [-0.2, -0.15) is 0 Å². The van der Waals surface area contributed by atoms with Crippen LogP contribution in [0.4, 0.5) is 5.69 Å². The van der Waals surface area contributed by atoms with E-state index in [0.717, 1.165) is 29.3 Å². The van der Waals surface area contributed by atoms with Gasteiger partial charge in [0.15, 0.2) is 0 Å². The molecule has 0 aromatic carbocycles. The first-order valence-corrected chi connectivity index (χ1v) is 9.47. The van der Waals surface area contributed by atoms with E-state index >= 15 is 0 Å². The van der Waals surface area contributed by atoms with E-state index in [1.165, 1.54) is 47.2 Å². The number of aromatic nitrogens is 1. The summed E-state index contributed by atoms with van der Waals surface area (Å²) in [5, 5.41) is 1.19. The van der Waals surface area contributed by atoms with E-state index < -0.39 is 0 Å². The molecule has 0 saturated heterocycles. The first-order valence-electron chi connectivity index (χ1n) is 8.66. The van der Waals surface area contributed by atoms with Crippen molar-refractivity contribution in [1.82, 2.24) is 4.98 Å². The second kappa shape index (κ2) is 5.84. The van der Waals surface area contributed by atoms with Gasteiger partial charge in [-0.15, -0.1) is 11.3 Å². The highest BCUT2D eigenvalue weighted by molar-refractivity contribution is 7.19. The number of aryl methyl sites for hydroxylation is 2. The number of anilines is 1. The second-order valence-electron chi connectivity index (χ2n) is 7.42. The summed E-state index contributed by atoms with van der Waals surface area (Å²) in [5.74, 6) is 0.768. The molecule has 2 aromatic heterocycles. The van der Waals surface area contributed by atoms with Crippen LogP contribution in [0.2, 0.25) is 0 Å². The van der Waals surface area contributed by atoms with Crippen molar-refractivity contribution in [2.75, 3.05) is 5.73 Å². The molecule has 1 unspecified atom stereocenters. The Balaban J connectivity index is 1.97. The predicted octanol–water partition coefficient (Wildman–Crippen LogP) is 5.37. The number of nitrogen functional groups attached to an aromatic ring is 1. The Morgan fingerprint density at radius 1 is 1.36 bits per heavy atom. The number of hydrogen-bond acceptors (Lipinski definition) is 3. The third-order valence-corrected chi connectivity index (χ3v) is 6.74. The molecule has 0 bridgehead atoms. The van der Waals surface area contributed by atoms with Gasteiger partial charge in [-0.3, -0.25) is 0 Å². The van der Waals surface area contributed by atoms with Crippen molar-refractivity contribution in [3.63, 3.8) is 0 Å². The Hall–Kier alpha value is -1.09. The molecule has 1 aliphatic carbocycles. The first-order chi connectivity index (χ1) is 10.5. The molecule has 22 heavy (non-hydrogen) atoms. The summed E-state index contributed by atoms with van der Waals surface area (Å²) in [6, 6.07) is 2.34. The fourth-order valence-corrected chi connectivity index (χ4v) is 5.05. The molecule has 2 nitrogen and oxygen atoms in total. The van der Waals surface area contributed by atoms with Crippen LogP contribution in [-0.2, 0) is 19.3 Å². The van der Waals surface area contributed by atoms with Crippen LogP contribution in [0.3, 0.4) is 0 Å². The van der Waals surface area contributed by atoms with Crippen molar-refractivity contribution in [1.29, 1.82) is 0 Å². The molecule has 3 rings (SSSR count). The third kappa shape index (κ3) is 2.64. The third-order valence-electron chi connectivity index (χ3n) is 5.48. The molecular formula is C19H28N2S. The highest BCUT2D eigenvalue weighted by atomic mass is 32.1. The molecule has 2 N–H and O–H groups in total. The largest absolute Gasteiger partial charge is 0.397 e. The summed E-state index contributed by atoms with van der Waals surface area (Å²) < 4.78 is 0. The second-order valence-corrected chi connectivity index (χ2v) is 8.50. The molecule has 0 aliphatic heterocycles. The summed E-state index contributed by atoms with van der Waals surface area (Å²) in [6.07, 6.45) is 7.16. The average molecular weight is 317 g/mol. The lowest BCUT2D eigenvalue weighted by molar-refractivity contribution is 0.173. The number of nitrogens with two attached hydrogens (primary N) is 1. The topological polar surface area (TPSA) is 38.9 Å². The van der Waals surface area contributed by atoms with E-state index in [1.54, 1.807) is 11.3 Å². The molecule has 2 heterocycles. The Labute approximate surface area is 138 Å². The van der Waals surface area contributed by atoms with Gasteiger partial charge in [0.25, 0.3) is 0 Å². The quantitative estimate of drug-likeness (QED) is 0.823. The fraction of sp³-hybridized carbons (Fsp3) is 0.632. The van der Waals surface area contributed by atoms with E-state index in [1.807, 2.05) is 0 Å². The van der Waals surface area contributed by atoms with Crippen molar-refractivity contribution < 1.29 is 0 Å². The minimum Gasteiger partial charge on any atom is -0.397 e. The van der Waals surface area contributed by atoms with E-state index in [0.29, 0.717) is 5.41 Å². The zero-order valence-corrected chi connectivity index (χ0v) is 15.1. The number of hydrogen-bond donors (Lipinski definition) is 1. The average Bonchev–Trinajstić information content (AvgIpc) is 2.80. The van der Waals surface area contributed by atoms with E-state index in [2.05, 4.69) is 33.8 Å². The predicted molar refractivity (Wildman–Crippen MR) is 97.6 cm³/mol. The zero-order chi connectivity index (χ0) is 15.9. The number of nitrogens with zero attached hydrogens (tertiary/aromatic N) is 1. The molecular weight excluding hydrogens is 288 g/mol. The molecule has 0 spiro atoms. The molecule has 2 aromatic rings. The van der Waals surface area contributed by atoms with Crippen molar-refractivity contribution >= 4 is 27.2 Å². The van der Waals surface area contributed by atoms with E-state index in [4.69, 9.17) is 10.7 Å². The Bertz CT molecular complexity index is 684. The van der Waals surface area contributed by atoms with Gasteiger partial charge < -0.3 is 5.73 Å². The first kappa shape index (κ1) is 15.8. The monoisotopic (exact) mass is 316 g/mol. The van der Waals surface area contributed by atoms with E-state index in [9.17, 15) is 0 Å². The molecule has 3 heteroatoms. The maximum Gasteiger partial charge on any atom is 0.125 e. The summed E-state index contributed by atoms with van der Waals surface area (Å²) in [4.78, 5) is 7.37. The fourth-order valence-electron chi connectivity index (χ4n) is 4.02. The molecule has 0 fully saturated rings. The van der Waals surface area contributed by atoms with Crippen LogP contribution in [-0.4, -0.2) is 4.98 Å². The number of pyridine rings is 1. The smallest absolute Gasteiger partial charge is 0.125 e. The van der Waals surface area contributed by atoms with Crippen molar-refractivity contribution in [2.45, 2.75) is 66.2 Å². The number of thiophene rings is 1. The summed E-state index contributed by atoms with van der Waals surface area (Å²) >= 11 is 1.78. The maximum absolute atomic E-state index is 6.32. The highest BCUT2D eigenvalue weighted by Gasteiger charge is 2.32. The number of rotatable bonds is 4. The molecule has 1 aliphatic rings. The van der Waals surface area contributed by atoms with Crippen LogP contribution in [0.15, 0.2) is 6.07 Å². The molecule has 0 amide bonds. The lowest BCUT2D eigenvalue weighted by atomic mass is 9.68. The zero-order valence-electron chi connectivity index (χ0n) is 14.3. The van der Waals surface area contributed by atoms with Gasteiger partial charge in [-0.05, 0) is 55.1 Å². The Kier molecular flexibility index (Phi) is 4.19. The van der Waals surface area contributed by atoms with Gasteiger partial charge in [0.1, 0.15) is 4.83 Å². The normalized spacial score (nSPS) is 18.6. The summed E-state index contributed by atoms with van der Waals surface area (Å²) in [6.45, 7) is 9.34. The minimum atomic E-state index is 0.427. The molecule has 1 atom stereocenters. The molecule has 120 valence electrons. The SMILES string of the molecule is CCCC(C)(C)C1CCc2nc3sc(CC)c(N)c3cc2C1. The van der Waals surface area contributed by atoms with Gasteiger partial charge in [0, 0.05) is 16.0 Å². The number of fused-ring (bicyclic) bond motifs is 2. The molecule has 0 radical (unpaired) electrons. The highest BCUT2D eigenvalue weighted by Crippen LogP contribution is 2.42. The Morgan fingerprint density at radius 3 is 2.82 bits per heavy atom. The van der Waals surface area contributed by atoms with Crippen LogP contribution in [0.5, 0.6) is 0 Å². The van der Waals surface area contributed by atoms with Crippen LogP contribution in [0.1, 0.15) is 63.1 Å². The minimum absolute atomic E-state index is 0.427. The van der Waals surface area contributed by atoms with Crippen molar-refractivity contribution in [3.8, 4) is 0 Å². The summed E-state index contributed by atoms with van der Waals surface area (Å²) in [5.41, 5.74) is 10.5. The van der Waals surface area contributed by atoms with Gasteiger partial charge in [-0.25, -0.2) is 4.98 Å². The standard InChI is InChI=1S/C19H28N2S/c1-5-9-19(3,4)13-7-8-15-12(10-13)11-14-17(20)16(6-2)22-18(14)21-15/h11,13H,5-10,20H2,1-4H3. The maximum atomic E-state index is 6.32. The van der Waals surface area contributed by atoms with Gasteiger partial charge in [0.2, 0.25) is 0 Å². The lowest BCUT2D eigenvalue weighted by Gasteiger charge is -2.37. The van der Waals surface area contributed by atoms with E-state index in [-0.39, 0.29) is 0 Å². The van der Waals surface area contributed by atoms with Crippen LogP contribution in [0.25, 0.3) is 10.2 Å². The van der Waals surface area contributed by atoms with Crippen LogP contribution < -0.4 is 5.73 Å². The van der Waals surface area contributed by atoms with Crippen molar-refractivity contribution in [2.24, 2.45) is 11.3 Å². The molecule has 0 saturated carbocycles.